The summed E-state index contributed by atoms with van der Waals surface area (Å²) in [6, 6.07) is 0. The molecule has 0 amide bonds. The van der Waals surface area contributed by atoms with Gasteiger partial charge in [-0.05, 0) is 38.1 Å². The summed E-state index contributed by atoms with van der Waals surface area (Å²) in [6.45, 7) is 1.56. The lowest BCUT2D eigenvalue weighted by molar-refractivity contribution is 0.163. The van der Waals surface area contributed by atoms with Crippen molar-refractivity contribution >= 4 is 0 Å². The molecule has 2 saturated heterocycles. The summed E-state index contributed by atoms with van der Waals surface area (Å²) < 4.78 is 58.2. The van der Waals surface area contributed by atoms with Crippen molar-refractivity contribution < 1.29 is 14.3 Å². The summed E-state index contributed by atoms with van der Waals surface area (Å²) >= 11 is 0. The Morgan fingerprint density at radius 3 is 3.00 bits per heavy atom. The van der Waals surface area contributed by atoms with Crippen molar-refractivity contribution in [1.82, 2.24) is 4.90 Å². The lowest BCUT2D eigenvalue weighted by Gasteiger charge is -2.33. The zero-order valence-corrected chi connectivity index (χ0v) is 9.11. The van der Waals surface area contributed by atoms with Gasteiger partial charge in [0, 0.05) is 23.1 Å². The number of fused-ring (bicyclic) bond motifs is 1. The SMILES string of the molecule is [2H]C1([2H])CC[C@@]2(C([2H])([2H])C(C)C)CC(=C(F)F)CN12. The maximum absolute atomic E-state index is 12.9. The van der Waals surface area contributed by atoms with Crippen LogP contribution in [0.5, 0.6) is 0 Å². The van der Waals surface area contributed by atoms with Crippen LogP contribution in [0.1, 0.15) is 45.0 Å². The zero-order chi connectivity index (χ0) is 14.6. The van der Waals surface area contributed by atoms with Crippen molar-refractivity contribution in [2.75, 3.05) is 13.0 Å². The summed E-state index contributed by atoms with van der Waals surface area (Å²) in [5, 5.41) is 0. The zero-order valence-electron chi connectivity index (χ0n) is 13.1. The molecule has 0 aromatic heterocycles. The summed E-state index contributed by atoms with van der Waals surface area (Å²) in [5.41, 5.74) is -1.25. The van der Waals surface area contributed by atoms with Gasteiger partial charge >= 0.3 is 0 Å². The molecular weight excluding hydrogens is 196 g/mol. The van der Waals surface area contributed by atoms with E-state index in [1.165, 1.54) is 4.90 Å². The molecule has 0 N–H and O–H groups in total. The molecule has 2 aliphatic rings. The molecule has 86 valence electrons. The highest BCUT2D eigenvalue weighted by Gasteiger charge is 2.47. The largest absolute Gasteiger partial charge is 0.293 e. The second kappa shape index (κ2) is 3.85. The van der Waals surface area contributed by atoms with Crippen LogP contribution in [0.25, 0.3) is 0 Å². The molecule has 1 atom stereocenters. The quantitative estimate of drug-likeness (QED) is 0.688. The van der Waals surface area contributed by atoms with Gasteiger partial charge in [0.2, 0.25) is 0 Å². The summed E-state index contributed by atoms with van der Waals surface area (Å²) in [6.07, 6.45) is -3.08. The van der Waals surface area contributed by atoms with Gasteiger partial charge in [-0.15, -0.1) is 0 Å². The van der Waals surface area contributed by atoms with Gasteiger partial charge in [0.1, 0.15) is 0 Å². The highest BCUT2D eigenvalue weighted by atomic mass is 19.3. The van der Waals surface area contributed by atoms with Gasteiger partial charge < -0.3 is 0 Å². The third-order valence-electron chi connectivity index (χ3n) is 3.04. The average molecular weight is 219 g/mol. The van der Waals surface area contributed by atoms with Gasteiger partial charge in [0.05, 0.1) is 0 Å². The molecule has 0 spiro atoms. The number of nitrogens with zero attached hydrogens (tertiary/aromatic N) is 1. The van der Waals surface area contributed by atoms with Gasteiger partial charge in [-0.1, -0.05) is 13.8 Å². The minimum atomic E-state index is -1.79. The van der Waals surface area contributed by atoms with Crippen LogP contribution in [0.4, 0.5) is 8.78 Å². The highest BCUT2D eigenvalue weighted by molar-refractivity contribution is 5.21. The van der Waals surface area contributed by atoms with E-state index in [2.05, 4.69) is 0 Å². The predicted molar refractivity (Wildman–Crippen MR) is 56.9 cm³/mol. The molecule has 0 aromatic carbocycles. The van der Waals surface area contributed by atoms with Crippen LogP contribution in [0.3, 0.4) is 0 Å². The Kier molecular flexibility index (Phi) is 1.80. The lowest BCUT2D eigenvalue weighted by atomic mass is 9.84. The molecule has 2 rings (SSSR count). The molecule has 3 heteroatoms. The molecule has 0 aliphatic carbocycles. The fraction of sp³-hybridized carbons (Fsp3) is 0.833. The molecule has 0 bridgehead atoms. The molecule has 2 heterocycles. The molecule has 0 aromatic rings. The molecule has 2 fully saturated rings. The van der Waals surface area contributed by atoms with E-state index in [0.717, 1.165) is 0 Å². The third kappa shape index (κ3) is 1.94. The van der Waals surface area contributed by atoms with Crippen molar-refractivity contribution in [1.29, 1.82) is 0 Å². The minimum Gasteiger partial charge on any atom is -0.293 e. The van der Waals surface area contributed by atoms with Crippen LogP contribution in [0.2, 0.25) is 0 Å². The van der Waals surface area contributed by atoms with Gasteiger partial charge in [-0.2, -0.15) is 8.78 Å². The number of rotatable bonds is 2. The number of hydrogen-bond acceptors (Lipinski definition) is 1. The van der Waals surface area contributed by atoms with Gasteiger partial charge in [0.15, 0.2) is 0 Å². The Morgan fingerprint density at radius 1 is 1.67 bits per heavy atom. The highest BCUT2D eigenvalue weighted by Crippen LogP contribution is 2.46. The molecule has 1 nitrogen and oxygen atoms in total. The molecule has 0 saturated carbocycles. The van der Waals surface area contributed by atoms with E-state index in [4.69, 9.17) is 5.48 Å². The van der Waals surface area contributed by atoms with E-state index < -0.39 is 24.5 Å². The Bertz CT molecular complexity index is 418. The summed E-state index contributed by atoms with van der Waals surface area (Å²) in [7, 11) is 0. The predicted octanol–water partition coefficient (Wildman–Crippen LogP) is 3.42. The molecule has 0 unspecified atom stereocenters. The summed E-state index contributed by atoms with van der Waals surface area (Å²) in [5.74, 6) is -0.356. The van der Waals surface area contributed by atoms with Gasteiger partial charge in [-0.3, -0.25) is 4.90 Å². The van der Waals surface area contributed by atoms with Crippen molar-refractivity contribution in [3.05, 3.63) is 11.7 Å². The normalized spacial score (nSPS) is 39.7. The smallest absolute Gasteiger partial charge is 0.270 e. The third-order valence-corrected chi connectivity index (χ3v) is 3.04. The first-order valence-electron chi connectivity index (χ1n) is 7.35. The first kappa shape index (κ1) is 7.00. The minimum absolute atomic E-state index is 0.0694. The van der Waals surface area contributed by atoms with Crippen LogP contribution in [0.15, 0.2) is 11.7 Å². The molecule has 2 aliphatic heterocycles. The fourth-order valence-electron chi connectivity index (χ4n) is 2.54. The Hall–Kier alpha value is -0.440. The van der Waals surface area contributed by atoms with E-state index in [9.17, 15) is 8.78 Å². The van der Waals surface area contributed by atoms with Crippen molar-refractivity contribution in [3.63, 3.8) is 0 Å². The van der Waals surface area contributed by atoms with E-state index in [0.29, 0.717) is 0 Å². The van der Waals surface area contributed by atoms with Crippen LogP contribution >= 0.6 is 0 Å². The first-order chi connectivity index (χ1) is 8.54. The van der Waals surface area contributed by atoms with E-state index >= 15 is 0 Å². The summed E-state index contributed by atoms with van der Waals surface area (Å²) in [4.78, 5) is 1.33. The second-order valence-electron chi connectivity index (χ2n) is 4.62. The van der Waals surface area contributed by atoms with Crippen LogP contribution in [0, 0.1) is 5.92 Å². The Labute approximate surface area is 95.8 Å². The van der Waals surface area contributed by atoms with Crippen molar-refractivity contribution in [2.45, 2.75) is 45.0 Å². The monoisotopic (exact) mass is 219 g/mol. The van der Waals surface area contributed by atoms with Gasteiger partial charge in [0.25, 0.3) is 6.08 Å². The number of halogens is 2. The Balaban J connectivity index is 2.50. The standard InChI is InChI=1S/C12H19F2N/c1-9(2)6-12-4-3-5-15(12)8-10(7-12)11(13)14/h9H,3-8H2,1-2H3/t12-/m1/s1/i5D2,6D2. The van der Waals surface area contributed by atoms with E-state index in [1.807, 2.05) is 0 Å². The maximum Gasteiger partial charge on any atom is 0.270 e. The second-order valence-corrected chi connectivity index (χ2v) is 4.62. The number of hydrogen-bond donors (Lipinski definition) is 0. The lowest BCUT2D eigenvalue weighted by Crippen LogP contribution is -2.39. The van der Waals surface area contributed by atoms with E-state index in [1.54, 1.807) is 13.8 Å². The molecule has 15 heavy (non-hydrogen) atoms. The Morgan fingerprint density at radius 2 is 2.40 bits per heavy atom. The topological polar surface area (TPSA) is 3.24 Å². The van der Waals surface area contributed by atoms with E-state index in [-0.39, 0.29) is 37.3 Å². The fourth-order valence-corrected chi connectivity index (χ4v) is 2.54. The first-order valence-corrected chi connectivity index (χ1v) is 5.35. The average Bonchev–Trinajstić information content (AvgIpc) is 2.77. The van der Waals surface area contributed by atoms with Crippen LogP contribution < -0.4 is 0 Å². The molecule has 0 radical (unpaired) electrons. The van der Waals surface area contributed by atoms with Crippen LogP contribution in [-0.2, 0) is 0 Å². The van der Waals surface area contributed by atoms with Crippen molar-refractivity contribution in [2.24, 2.45) is 5.92 Å². The van der Waals surface area contributed by atoms with Crippen LogP contribution in [-0.4, -0.2) is 23.5 Å². The van der Waals surface area contributed by atoms with Crippen molar-refractivity contribution in [3.8, 4) is 0 Å². The maximum atomic E-state index is 12.9. The molecular formula is C12H19F2N. The van der Waals surface area contributed by atoms with Gasteiger partial charge in [-0.25, -0.2) is 0 Å².